The summed E-state index contributed by atoms with van der Waals surface area (Å²) in [6.45, 7) is -0.156. The zero-order chi connectivity index (χ0) is 21.3. The van der Waals surface area contributed by atoms with Gasteiger partial charge in [0, 0.05) is 27.2 Å². The Morgan fingerprint density at radius 2 is 1.60 bits per heavy atom. The van der Waals surface area contributed by atoms with Crippen LogP contribution in [0.15, 0.2) is 53.4 Å². The maximum Gasteiger partial charge on any atom is 0.269 e. The van der Waals surface area contributed by atoms with Gasteiger partial charge in [0.1, 0.15) is 0 Å². The third-order valence-electron chi connectivity index (χ3n) is 4.90. The van der Waals surface area contributed by atoms with Crippen LogP contribution in [0.5, 0.6) is 0 Å². The normalized spacial score (nSPS) is 13.6. The summed E-state index contributed by atoms with van der Waals surface area (Å²) >= 11 is 7.56. The van der Waals surface area contributed by atoms with E-state index < -0.39 is 11.8 Å². The molecule has 0 saturated heterocycles. The maximum absolute atomic E-state index is 12.2. The number of halogens is 1. The Balaban J connectivity index is 1.38. The predicted molar refractivity (Wildman–Crippen MR) is 118 cm³/mol. The summed E-state index contributed by atoms with van der Waals surface area (Å²) < 4.78 is 0. The first-order valence-electron chi connectivity index (χ1n) is 9.85. The van der Waals surface area contributed by atoms with E-state index >= 15 is 0 Å². The quantitative estimate of drug-likeness (QED) is 0.448. The van der Waals surface area contributed by atoms with Crippen molar-refractivity contribution in [3.8, 4) is 0 Å². The Bertz CT molecular complexity index is 882. The summed E-state index contributed by atoms with van der Waals surface area (Å²) in [4.78, 5) is 37.1. The minimum atomic E-state index is -0.467. The van der Waals surface area contributed by atoms with Crippen molar-refractivity contribution in [1.29, 1.82) is 0 Å². The summed E-state index contributed by atoms with van der Waals surface area (Å²) in [5, 5.41) is 3.32. The van der Waals surface area contributed by atoms with Gasteiger partial charge in [0.2, 0.25) is 5.91 Å². The fourth-order valence-electron chi connectivity index (χ4n) is 3.19. The molecule has 0 unspecified atom stereocenters. The van der Waals surface area contributed by atoms with E-state index in [1.54, 1.807) is 23.9 Å². The fourth-order valence-corrected chi connectivity index (χ4v) is 4.17. The fraction of sp³-hybridized carbons (Fsp3) is 0.318. The van der Waals surface area contributed by atoms with Crippen LogP contribution in [-0.2, 0) is 15.3 Å². The second kappa shape index (κ2) is 11.0. The zero-order valence-electron chi connectivity index (χ0n) is 16.4. The molecule has 30 heavy (non-hydrogen) atoms. The van der Waals surface area contributed by atoms with Crippen LogP contribution >= 0.6 is 23.4 Å². The van der Waals surface area contributed by atoms with Crippen molar-refractivity contribution in [3.63, 3.8) is 0 Å². The molecule has 2 aromatic rings. The molecule has 0 bridgehead atoms. The van der Waals surface area contributed by atoms with Crippen molar-refractivity contribution in [2.75, 3.05) is 6.54 Å². The highest BCUT2D eigenvalue weighted by Crippen LogP contribution is 2.25. The summed E-state index contributed by atoms with van der Waals surface area (Å²) in [6.07, 6.45) is 3.86. The van der Waals surface area contributed by atoms with Crippen molar-refractivity contribution < 1.29 is 14.4 Å². The summed E-state index contributed by atoms with van der Waals surface area (Å²) in [5.41, 5.74) is 6.20. The molecule has 0 heterocycles. The molecule has 0 aliphatic heterocycles. The van der Waals surface area contributed by atoms with Gasteiger partial charge in [-0.25, -0.2) is 0 Å². The van der Waals surface area contributed by atoms with Crippen LogP contribution in [0.4, 0.5) is 0 Å². The van der Waals surface area contributed by atoms with Crippen molar-refractivity contribution >= 4 is 41.1 Å². The number of carbonyl (C=O) groups excluding carboxylic acids is 3. The number of nitrogens with one attached hydrogen (secondary N) is 3. The van der Waals surface area contributed by atoms with Crippen molar-refractivity contribution in [1.82, 2.24) is 16.2 Å². The Hall–Kier alpha value is -2.51. The van der Waals surface area contributed by atoms with Crippen LogP contribution in [0.3, 0.4) is 0 Å². The van der Waals surface area contributed by atoms with E-state index in [0.717, 1.165) is 41.9 Å². The number of rotatable bonds is 7. The number of amides is 3. The number of carbonyl (C=O) groups is 3. The van der Waals surface area contributed by atoms with E-state index in [9.17, 15) is 14.4 Å². The average Bonchev–Trinajstić information content (AvgIpc) is 3.31. The maximum atomic E-state index is 12.2. The Morgan fingerprint density at radius 1 is 0.933 bits per heavy atom. The van der Waals surface area contributed by atoms with Crippen LogP contribution in [0, 0.1) is 5.92 Å². The van der Waals surface area contributed by atoms with E-state index in [1.165, 1.54) is 0 Å². The van der Waals surface area contributed by atoms with Crippen molar-refractivity contribution in [2.24, 2.45) is 5.92 Å². The second-order valence-corrected chi connectivity index (χ2v) is 8.63. The van der Waals surface area contributed by atoms with Gasteiger partial charge in [0.25, 0.3) is 11.8 Å². The molecule has 3 amide bonds. The summed E-state index contributed by atoms with van der Waals surface area (Å²) in [7, 11) is 0. The molecule has 6 nitrogen and oxygen atoms in total. The summed E-state index contributed by atoms with van der Waals surface area (Å²) in [5.74, 6) is -0.209. The molecule has 158 valence electrons. The van der Waals surface area contributed by atoms with Crippen LogP contribution in [0.25, 0.3) is 0 Å². The first-order valence-corrected chi connectivity index (χ1v) is 11.2. The first-order chi connectivity index (χ1) is 14.5. The number of thioether (sulfide) groups is 1. The molecule has 0 aromatic heterocycles. The molecule has 0 atom stereocenters. The highest BCUT2D eigenvalue weighted by atomic mass is 35.5. The lowest BCUT2D eigenvalue weighted by atomic mass is 10.1. The molecule has 1 aliphatic carbocycles. The average molecular weight is 446 g/mol. The predicted octanol–water partition coefficient (Wildman–Crippen LogP) is 3.70. The van der Waals surface area contributed by atoms with Gasteiger partial charge < -0.3 is 5.32 Å². The zero-order valence-corrected chi connectivity index (χ0v) is 18.0. The molecule has 3 N–H and O–H groups in total. The Kier molecular flexibility index (Phi) is 8.16. The molecule has 1 aliphatic rings. The number of benzene rings is 2. The van der Waals surface area contributed by atoms with Crippen LogP contribution in [0.1, 0.15) is 41.6 Å². The van der Waals surface area contributed by atoms with Crippen LogP contribution in [-0.4, -0.2) is 24.3 Å². The monoisotopic (exact) mass is 445 g/mol. The van der Waals surface area contributed by atoms with E-state index in [1.807, 2.05) is 36.4 Å². The summed E-state index contributed by atoms with van der Waals surface area (Å²) in [6, 6.07) is 14.8. The van der Waals surface area contributed by atoms with Gasteiger partial charge in [-0.05, 0) is 54.8 Å². The van der Waals surface area contributed by atoms with Gasteiger partial charge in [-0.2, -0.15) is 0 Å². The Labute approximate surface area is 185 Å². The number of hydrazine groups is 1. The third kappa shape index (κ3) is 6.78. The first kappa shape index (κ1) is 22.2. The molecule has 8 heteroatoms. The SMILES string of the molecule is O=C(CNC(=O)C1CCCC1)NNC(=O)c1ccc(CSc2ccc(Cl)cc2)cc1. The van der Waals surface area contributed by atoms with Gasteiger partial charge in [0.05, 0.1) is 6.54 Å². The molecule has 1 saturated carbocycles. The molecule has 2 aromatic carbocycles. The van der Waals surface area contributed by atoms with Crippen molar-refractivity contribution in [3.05, 3.63) is 64.7 Å². The largest absolute Gasteiger partial charge is 0.347 e. The highest BCUT2D eigenvalue weighted by molar-refractivity contribution is 7.98. The smallest absolute Gasteiger partial charge is 0.269 e. The number of hydrogen-bond acceptors (Lipinski definition) is 4. The second-order valence-electron chi connectivity index (χ2n) is 7.14. The minimum Gasteiger partial charge on any atom is -0.347 e. The molecular weight excluding hydrogens is 422 g/mol. The lowest BCUT2D eigenvalue weighted by Crippen LogP contribution is -2.47. The molecule has 0 radical (unpaired) electrons. The molecular formula is C22H24ClN3O3S. The third-order valence-corrected chi connectivity index (χ3v) is 6.23. The van der Waals surface area contributed by atoms with Crippen LogP contribution < -0.4 is 16.2 Å². The van der Waals surface area contributed by atoms with Gasteiger partial charge in [-0.1, -0.05) is 36.6 Å². The van der Waals surface area contributed by atoms with Gasteiger partial charge >= 0.3 is 0 Å². The van der Waals surface area contributed by atoms with Gasteiger partial charge in [-0.15, -0.1) is 11.8 Å². The van der Waals surface area contributed by atoms with Crippen LogP contribution in [0.2, 0.25) is 5.02 Å². The van der Waals surface area contributed by atoms with Gasteiger partial charge in [-0.3, -0.25) is 25.2 Å². The lowest BCUT2D eigenvalue weighted by molar-refractivity contribution is -0.128. The molecule has 1 fully saturated rings. The molecule has 3 rings (SSSR count). The number of hydrogen-bond donors (Lipinski definition) is 3. The van der Waals surface area contributed by atoms with E-state index in [2.05, 4.69) is 16.2 Å². The lowest BCUT2D eigenvalue weighted by Gasteiger charge is -2.11. The highest BCUT2D eigenvalue weighted by Gasteiger charge is 2.22. The molecule has 0 spiro atoms. The van der Waals surface area contributed by atoms with E-state index in [-0.39, 0.29) is 18.4 Å². The topological polar surface area (TPSA) is 87.3 Å². The Morgan fingerprint density at radius 3 is 2.27 bits per heavy atom. The van der Waals surface area contributed by atoms with E-state index in [4.69, 9.17) is 11.6 Å². The van der Waals surface area contributed by atoms with Gasteiger partial charge in [0.15, 0.2) is 0 Å². The minimum absolute atomic E-state index is 0.00348. The van der Waals surface area contributed by atoms with E-state index in [0.29, 0.717) is 10.6 Å². The standard InChI is InChI=1S/C22H24ClN3O3S/c23-18-9-11-19(12-10-18)30-14-15-5-7-17(8-6-15)22(29)26-25-20(27)13-24-21(28)16-3-1-2-4-16/h5-12,16H,1-4,13-14H2,(H,24,28)(H,25,27)(H,26,29). The van der Waals surface area contributed by atoms with Crippen molar-refractivity contribution in [2.45, 2.75) is 36.3 Å².